The molecule has 1 aromatic rings. The van der Waals surface area contributed by atoms with E-state index in [0.717, 1.165) is 5.57 Å². The summed E-state index contributed by atoms with van der Waals surface area (Å²) in [6.45, 7) is 6.10. The number of carbonyl (C=O) groups is 1. The van der Waals surface area contributed by atoms with Crippen molar-refractivity contribution in [3.8, 4) is 0 Å². The smallest absolute Gasteiger partial charge is 0.416 e. The number of hydrogen-bond donors (Lipinski definition) is 1. The first-order valence-electron chi connectivity index (χ1n) is 6.69. The fraction of sp³-hybridized carbons (Fsp3) is 0.267. The second-order valence-electron chi connectivity index (χ2n) is 4.36. The molecule has 0 spiro atoms. The second kappa shape index (κ2) is 7.26. The third-order valence-corrected chi connectivity index (χ3v) is 2.85. The van der Waals surface area contributed by atoms with Gasteiger partial charge in [0, 0.05) is 6.20 Å². The van der Waals surface area contributed by atoms with Crippen molar-refractivity contribution < 1.29 is 18.7 Å². The minimum absolute atomic E-state index is 0.0586. The topological polar surface area (TPSA) is 93.9 Å². The van der Waals surface area contributed by atoms with Gasteiger partial charge in [0.05, 0.1) is 12.5 Å². The molecule has 0 aromatic carbocycles. The van der Waals surface area contributed by atoms with E-state index in [1.165, 1.54) is 12.5 Å². The van der Waals surface area contributed by atoms with Crippen molar-refractivity contribution in [2.75, 3.05) is 6.61 Å². The van der Waals surface area contributed by atoms with E-state index in [9.17, 15) is 9.59 Å². The highest BCUT2D eigenvalue weighted by Gasteiger charge is 2.34. The molecular formula is C15H16N2O5. The normalized spacial score (nSPS) is 22.7. The molecule has 7 heteroatoms. The summed E-state index contributed by atoms with van der Waals surface area (Å²) in [6, 6.07) is 0. The number of ether oxygens (including phenoxy) is 2. The number of H-pyrrole nitrogens is 1. The number of carbonyl (C=O) groups excluding carboxylic acids is 1. The van der Waals surface area contributed by atoms with E-state index in [4.69, 9.17) is 9.47 Å². The van der Waals surface area contributed by atoms with Gasteiger partial charge in [-0.15, -0.1) is 0 Å². The van der Waals surface area contributed by atoms with Crippen molar-refractivity contribution in [1.29, 1.82) is 0 Å². The van der Waals surface area contributed by atoms with E-state index in [-0.39, 0.29) is 11.8 Å². The SMILES string of the molecule is C=C1C=CC=CC1C1N=C(OCC)C(=O)O1.O=c1[nH]cco1. The zero-order chi connectivity index (χ0) is 15.9. The minimum atomic E-state index is -0.539. The number of rotatable bonds is 2. The van der Waals surface area contributed by atoms with Gasteiger partial charge in [0.15, 0.2) is 0 Å². The first-order chi connectivity index (χ1) is 10.6. The van der Waals surface area contributed by atoms with E-state index in [1.807, 2.05) is 24.3 Å². The summed E-state index contributed by atoms with van der Waals surface area (Å²) in [7, 11) is 0. The monoisotopic (exact) mass is 304 g/mol. The third-order valence-electron chi connectivity index (χ3n) is 2.85. The summed E-state index contributed by atoms with van der Waals surface area (Å²) in [5.41, 5.74) is 0.877. The van der Waals surface area contributed by atoms with Gasteiger partial charge in [-0.2, -0.15) is 0 Å². The first kappa shape index (κ1) is 15.6. The lowest BCUT2D eigenvalue weighted by Crippen LogP contribution is -2.21. The maximum Gasteiger partial charge on any atom is 0.416 e. The number of hydrogen-bond acceptors (Lipinski definition) is 6. The molecule has 0 amide bonds. The predicted octanol–water partition coefficient (Wildman–Crippen LogP) is 1.57. The number of aromatic nitrogens is 1. The van der Waals surface area contributed by atoms with Crippen LogP contribution in [-0.4, -0.2) is 29.7 Å². The van der Waals surface area contributed by atoms with Crippen LogP contribution in [0.2, 0.25) is 0 Å². The Hall–Kier alpha value is -2.83. The largest absolute Gasteiger partial charge is 0.473 e. The molecule has 116 valence electrons. The first-order valence-corrected chi connectivity index (χ1v) is 6.69. The molecule has 0 saturated heterocycles. The van der Waals surface area contributed by atoms with Crippen molar-refractivity contribution in [3.63, 3.8) is 0 Å². The summed E-state index contributed by atoms with van der Waals surface area (Å²) in [6.07, 6.45) is 9.77. The second-order valence-corrected chi connectivity index (χ2v) is 4.36. The van der Waals surface area contributed by atoms with Crippen LogP contribution in [0.4, 0.5) is 0 Å². The Labute approximate surface area is 126 Å². The molecule has 2 heterocycles. The summed E-state index contributed by atoms with van der Waals surface area (Å²) < 4.78 is 14.4. The number of oxazole rings is 1. The number of nitrogens with one attached hydrogen (secondary N) is 1. The molecule has 2 aliphatic rings. The lowest BCUT2D eigenvalue weighted by Gasteiger charge is -2.18. The fourth-order valence-corrected chi connectivity index (χ4v) is 1.85. The van der Waals surface area contributed by atoms with Crippen LogP contribution in [0.3, 0.4) is 0 Å². The van der Waals surface area contributed by atoms with Crippen molar-refractivity contribution in [1.82, 2.24) is 4.98 Å². The van der Waals surface area contributed by atoms with E-state index >= 15 is 0 Å². The van der Waals surface area contributed by atoms with Crippen molar-refractivity contribution in [3.05, 3.63) is 59.5 Å². The quantitative estimate of drug-likeness (QED) is 0.837. The molecule has 0 fully saturated rings. The van der Waals surface area contributed by atoms with Crippen molar-refractivity contribution in [2.24, 2.45) is 10.9 Å². The van der Waals surface area contributed by atoms with Gasteiger partial charge in [0.1, 0.15) is 6.26 Å². The van der Waals surface area contributed by atoms with E-state index in [2.05, 4.69) is 21.0 Å². The lowest BCUT2D eigenvalue weighted by atomic mass is 9.94. The Morgan fingerprint density at radius 2 is 2.23 bits per heavy atom. The van der Waals surface area contributed by atoms with Gasteiger partial charge in [-0.1, -0.05) is 30.9 Å². The number of aromatic amines is 1. The summed E-state index contributed by atoms with van der Waals surface area (Å²) >= 11 is 0. The average Bonchev–Trinajstić information content (AvgIpc) is 3.11. The number of allylic oxidation sites excluding steroid dienone is 3. The van der Waals surface area contributed by atoms with Gasteiger partial charge in [0.2, 0.25) is 6.23 Å². The molecule has 22 heavy (non-hydrogen) atoms. The molecule has 0 radical (unpaired) electrons. The molecule has 1 aliphatic heterocycles. The molecule has 2 atom stereocenters. The van der Waals surface area contributed by atoms with Gasteiger partial charge < -0.3 is 13.9 Å². The Kier molecular flexibility index (Phi) is 5.13. The maximum atomic E-state index is 11.4. The predicted molar refractivity (Wildman–Crippen MR) is 79.2 cm³/mol. The van der Waals surface area contributed by atoms with Gasteiger partial charge in [-0.05, 0) is 12.5 Å². The standard InChI is InChI=1S/C12H13NO3.C3H3NO2/c1-3-15-11-12(14)16-10(13-11)9-7-5-4-6-8(9)2;5-3-4-1-2-6-3/h4-7,9-10H,2-3H2,1H3;1-2H,(H,4,5). The van der Waals surface area contributed by atoms with Gasteiger partial charge in [-0.25, -0.2) is 14.6 Å². The van der Waals surface area contributed by atoms with Crippen LogP contribution in [0.15, 0.2) is 63.1 Å². The van der Waals surface area contributed by atoms with Crippen LogP contribution in [0.25, 0.3) is 0 Å². The average molecular weight is 304 g/mol. The summed E-state index contributed by atoms with van der Waals surface area (Å²) in [4.78, 5) is 27.6. The number of cyclic esters (lactones) is 1. The summed E-state index contributed by atoms with van der Waals surface area (Å²) in [5, 5.41) is 0. The fourth-order valence-electron chi connectivity index (χ4n) is 1.85. The molecule has 0 saturated carbocycles. The van der Waals surface area contributed by atoms with E-state index in [0.29, 0.717) is 6.61 Å². The highest BCUT2D eigenvalue weighted by atomic mass is 16.6. The molecule has 1 aromatic heterocycles. The highest BCUT2D eigenvalue weighted by Crippen LogP contribution is 2.26. The van der Waals surface area contributed by atoms with Crippen LogP contribution in [0.1, 0.15) is 6.92 Å². The summed E-state index contributed by atoms with van der Waals surface area (Å²) in [5.74, 6) is -0.937. The zero-order valence-corrected chi connectivity index (χ0v) is 12.0. The van der Waals surface area contributed by atoms with Crippen LogP contribution in [-0.2, 0) is 14.3 Å². The molecule has 0 bridgehead atoms. The molecule has 7 nitrogen and oxygen atoms in total. The third kappa shape index (κ3) is 3.85. The van der Waals surface area contributed by atoms with Crippen LogP contribution < -0.4 is 5.76 Å². The Morgan fingerprint density at radius 3 is 2.77 bits per heavy atom. The van der Waals surface area contributed by atoms with Crippen molar-refractivity contribution in [2.45, 2.75) is 13.2 Å². The van der Waals surface area contributed by atoms with Gasteiger partial charge >= 0.3 is 17.6 Å². The van der Waals surface area contributed by atoms with Crippen LogP contribution >= 0.6 is 0 Å². The molecule has 1 N–H and O–H groups in total. The maximum absolute atomic E-state index is 11.4. The molecule has 1 aliphatic carbocycles. The minimum Gasteiger partial charge on any atom is -0.473 e. The highest BCUT2D eigenvalue weighted by molar-refractivity contribution is 6.33. The van der Waals surface area contributed by atoms with Crippen LogP contribution in [0.5, 0.6) is 0 Å². The van der Waals surface area contributed by atoms with Crippen molar-refractivity contribution >= 4 is 11.9 Å². The molecule has 3 rings (SSSR count). The van der Waals surface area contributed by atoms with E-state index in [1.54, 1.807) is 6.92 Å². The van der Waals surface area contributed by atoms with E-state index < -0.39 is 18.0 Å². The lowest BCUT2D eigenvalue weighted by molar-refractivity contribution is -0.139. The Bertz CT molecular complexity index is 663. The van der Waals surface area contributed by atoms with Crippen LogP contribution in [0, 0.1) is 5.92 Å². The number of esters is 1. The zero-order valence-electron chi connectivity index (χ0n) is 12.0. The molecular weight excluding hydrogens is 288 g/mol. The van der Waals surface area contributed by atoms with Gasteiger partial charge in [0.25, 0.3) is 0 Å². The van der Waals surface area contributed by atoms with Gasteiger partial charge in [-0.3, -0.25) is 4.98 Å². The Balaban J connectivity index is 0.000000246. The number of nitrogens with zero attached hydrogens (tertiary/aromatic N) is 1. The Morgan fingerprint density at radius 1 is 1.41 bits per heavy atom. The molecule has 2 unspecified atom stereocenters. The number of aliphatic imine (C=N–C) groups is 1.